The molecule has 0 bridgehead atoms. The fourth-order valence-corrected chi connectivity index (χ4v) is 6.11. The van der Waals surface area contributed by atoms with Gasteiger partial charge in [0.25, 0.3) is 0 Å². The van der Waals surface area contributed by atoms with Crippen LogP contribution < -0.4 is 4.74 Å². The summed E-state index contributed by atoms with van der Waals surface area (Å²) in [6.45, 7) is 10.1. The van der Waals surface area contributed by atoms with Crippen molar-refractivity contribution in [3.05, 3.63) is 83.0 Å². The second kappa shape index (κ2) is 11.6. The van der Waals surface area contributed by atoms with Gasteiger partial charge in [-0.2, -0.15) is 0 Å². The van der Waals surface area contributed by atoms with Gasteiger partial charge in [-0.05, 0) is 75.1 Å². The summed E-state index contributed by atoms with van der Waals surface area (Å²) in [7, 11) is -4.55. The van der Waals surface area contributed by atoms with Crippen LogP contribution in [0.4, 0.5) is 0 Å². The fourth-order valence-electron chi connectivity index (χ4n) is 5.04. The van der Waals surface area contributed by atoms with Crippen molar-refractivity contribution in [3.63, 3.8) is 0 Å². The van der Waals surface area contributed by atoms with Gasteiger partial charge in [0, 0.05) is 11.5 Å². The largest absolute Gasteiger partial charge is 0.507 e. The second-order valence-electron chi connectivity index (χ2n) is 10.5. The summed E-state index contributed by atoms with van der Waals surface area (Å²) in [5, 5.41) is 11.1. The summed E-state index contributed by atoms with van der Waals surface area (Å²) >= 11 is 0. The van der Waals surface area contributed by atoms with Gasteiger partial charge in [-0.15, -0.1) is 0 Å². The van der Waals surface area contributed by atoms with Crippen molar-refractivity contribution in [2.75, 3.05) is 0 Å². The molecule has 38 heavy (non-hydrogen) atoms. The van der Waals surface area contributed by atoms with Crippen LogP contribution in [0.1, 0.15) is 75.5 Å². The maximum atomic E-state index is 13.4. The third kappa shape index (κ3) is 6.65. The molecule has 2 aliphatic rings. The van der Waals surface area contributed by atoms with Crippen LogP contribution >= 0.6 is 7.82 Å². The number of ether oxygens (including phenoxy) is 1. The Balaban J connectivity index is 1.59. The van der Waals surface area contributed by atoms with Crippen LogP contribution in [0.15, 0.2) is 66.3 Å². The van der Waals surface area contributed by atoms with Crippen molar-refractivity contribution in [1.29, 1.82) is 0 Å². The summed E-state index contributed by atoms with van der Waals surface area (Å²) in [5.74, 6) is -0.602. The number of carbonyl (C=O) groups is 1. The van der Waals surface area contributed by atoms with Gasteiger partial charge in [0.05, 0.1) is 6.61 Å². The number of hydrogen-bond acceptors (Lipinski definition) is 6. The van der Waals surface area contributed by atoms with Crippen molar-refractivity contribution in [3.8, 4) is 11.5 Å². The minimum atomic E-state index is -4.55. The molecule has 3 atom stereocenters. The Morgan fingerprint density at radius 2 is 1.89 bits per heavy atom. The van der Waals surface area contributed by atoms with Gasteiger partial charge in [-0.25, -0.2) is 9.36 Å². The molecule has 2 aliphatic carbocycles. The molecular formula is C30H37O7P. The maximum absolute atomic E-state index is 13.4. The van der Waals surface area contributed by atoms with Crippen LogP contribution in [-0.2, 0) is 31.4 Å². The zero-order valence-electron chi connectivity index (χ0n) is 22.3. The van der Waals surface area contributed by atoms with Crippen molar-refractivity contribution in [2.45, 2.75) is 77.4 Å². The van der Waals surface area contributed by atoms with Crippen molar-refractivity contribution >= 4 is 13.8 Å². The number of phosphoric ester groups is 1. The van der Waals surface area contributed by atoms with E-state index in [1.807, 2.05) is 19.9 Å². The summed E-state index contributed by atoms with van der Waals surface area (Å²) in [5.41, 5.74) is 2.68. The number of allylic oxidation sites excluding steroid dienone is 3. The van der Waals surface area contributed by atoms with Crippen LogP contribution in [-0.4, -0.2) is 21.6 Å². The number of carbonyl (C=O) groups excluding carboxylic acids is 1. The fraction of sp³-hybridized carbons (Fsp3) is 0.433. The molecule has 2 aromatic carbocycles. The third-order valence-electron chi connectivity index (χ3n) is 7.24. The predicted octanol–water partition coefficient (Wildman–Crippen LogP) is 7.13. The molecule has 2 N–H and O–H groups in total. The van der Waals surface area contributed by atoms with Gasteiger partial charge in [-0.3, -0.25) is 9.05 Å². The molecule has 7 nitrogen and oxygen atoms in total. The highest BCUT2D eigenvalue weighted by Crippen LogP contribution is 2.56. The van der Waals surface area contributed by atoms with Crippen LogP contribution in [0.2, 0.25) is 0 Å². The first kappa shape index (κ1) is 28.3. The number of phenols is 1. The van der Waals surface area contributed by atoms with E-state index in [0.29, 0.717) is 17.5 Å². The molecule has 0 aromatic heterocycles. The highest BCUT2D eigenvalue weighted by molar-refractivity contribution is 7.47. The number of esters is 1. The van der Waals surface area contributed by atoms with Crippen molar-refractivity contribution < 1.29 is 33.1 Å². The van der Waals surface area contributed by atoms with Gasteiger partial charge in [0.2, 0.25) is 0 Å². The standard InChI is InChI=1S/C30H37O7P/c1-5-9-23-17-26(31)28(25-16-21(4)12-13-24(25)20(2)3)27(18-23)36-29(32)30(14-15-30)37-38(33,34)35-19-22-10-7-6-8-11-22/h6-8,10-11,16-18,24-25,31H,2,5,9,12-15,19H2,1,3-4H3,(H,33,34)/t24-,25+/m0/s1. The van der Waals surface area contributed by atoms with E-state index < -0.39 is 19.4 Å². The zero-order valence-corrected chi connectivity index (χ0v) is 23.2. The maximum Gasteiger partial charge on any atom is 0.473 e. The molecule has 204 valence electrons. The van der Waals surface area contributed by atoms with Gasteiger partial charge < -0.3 is 14.7 Å². The first-order chi connectivity index (χ1) is 18.0. The molecule has 8 heteroatoms. The van der Waals surface area contributed by atoms with Crippen LogP contribution in [0.3, 0.4) is 0 Å². The molecule has 0 saturated heterocycles. The van der Waals surface area contributed by atoms with Crippen LogP contribution in [0, 0.1) is 5.92 Å². The van der Waals surface area contributed by atoms with E-state index in [0.717, 1.165) is 30.4 Å². The van der Waals surface area contributed by atoms with E-state index in [1.165, 1.54) is 5.57 Å². The molecule has 0 aliphatic heterocycles. The average molecular weight is 541 g/mol. The number of phenolic OH excluding ortho intramolecular Hbond substituents is 1. The molecule has 2 aromatic rings. The Bertz CT molecular complexity index is 1260. The van der Waals surface area contributed by atoms with Crippen molar-refractivity contribution in [1.82, 2.24) is 0 Å². The molecule has 1 saturated carbocycles. The number of rotatable bonds is 11. The van der Waals surface area contributed by atoms with Crippen molar-refractivity contribution in [2.24, 2.45) is 5.92 Å². The quantitative estimate of drug-likeness (QED) is 0.135. The summed E-state index contributed by atoms with van der Waals surface area (Å²) in [6.07, 6.45) is 5.94. The second-order valence-corrected chi connectivity index (χ2v) is 11.9. The van der Waals surface area contributed by atoms with Gasteiger partial charge >= 0.3 is 13.8 Å². The first-order valence-electron chi connectivity index (χ1n) is 13.2. The number of aryl methyl sites for hydroxylation is 1. The molecule has 0 spiro atoms. The number of hydrogen-bond donors (Lipinski definition) is 2. The monoisotopic (exact) mass is 540 g/mol. The molecule has 1 unspecified atom stereocenters. The van der Waals surface area contributed by atoms with E-state index in [4.69, 9.17) is 13.8 Å². The number of phosphoric acid groups is 1. The van der Waals surface area contributed by atoms with Crippen LogP contribution in [0.25, 0.3) is 0 Å². The summed E-state index contributed by atoms with van der Waals surface area (Å²) in [4.78, 5) is 23.7. The topological polar surface area (TPSA) is 102 Å². The van der Waals surface area contributed by atoms with E-state index in [1.54, 1.807) is 36.4 Å². The Kier molecular flexibility index (Phi) is 8.63. The van der Waals surface area contributed by atoms with Gasteiger partial charge in [0.15, 0.2) is 5.60 Å². The summed E-state index contributed by atoms with van der Waals surface area (Å²) < 4.78 is 29.1. The highest BCUT2D eigenvalue weighted by atomic mass is 31.2. The molecule has 0 heterocycles. The van der Waals surface area contributed by atoms with Gasteiger partial charge in [-0.1, -0.05) is 67.5 Å². The summed E-state index contributed by atoms with van der Waals surface area (Å²) in [6, 6.07) is 12.5. The zero-order chi connectivity index (χ0) is 27.5. The van der Waals surface area contributed by atoms with E-state index in [9.17, 15) is 19.4 Å². The minimum Gasteiger partial charge on any atom is -0.507 e. The average Bonchev–Trinajstić information content (AvgIpc) is 3.63. The normalized spacial score (nSPS) is 21.7. The highest BCUT2D eigenvalue weighted by Gasteiger charge is 2.58. The minimum absolute atomic E-state index is 0.0609. The lowest BCUT2D eigenvalue weighted by Crippen LogP contribution is -2.31. The lowest BCUT2D eigenvalue weighted by molar-refractivity contribution is -0.145. The van der Waals surface area contributed by atoms with E-state index in [2.05, 4.69) is 19.6 Å². The Hall–Kier alpha value is -2.70. The Morgan fingerprint density at radius 1 is 1.18 bits per heavy atom. The van der Waals surface area contributed by atoms with Crippen LogP contribution in [0.5, 0.6) is 11.5 Å². The molecule has 4 rings (SSSR count). The number of aromatic hydroxyl groups is 1. The lowest BCUT2D eigenvalue weighted by Gasteiger charge is -2.32. The van der Waals surface area contributed by atoms with Gasteiger partial charge in [0.1, 0.15) is 11.5 Å². The Labute approximate surface area is 224 Å². The predicted molar refractivity (Wildman–Crippen MR) is 146 cm³/mol. The molecule has 0 amide bonds. The Morgan fingerprint density at radius 3 is 2.53 bits per heavy atom. The molecular weight excluding hydrogens is 503 g/mol. The van der Waals surface area contributed by atoms with E-state index >= 15 is 0 Å². The molecule has 1 fully saturated rings. The SMILES string of the molecule is C=C(C)[C@@H]1CCC(C)=C[C@H]1c1c(O)cc(CCC)cc1OC(=O)C1(OP(=O)(O)OCc2ccccc2)CC1. The smallest absolute Gasteiger partial charge is 0.473 e. The van der Waals surface area contributed by atoms with E-state index in [-0.39, 0.29) is 42.8 Å². The third-order valence-corrected chi connectivity index (χ3v) is 8.27. The number of benzene rings is 2. The first-order valence-corrected chi connectivity index (χ1v) is 14.7. The lowest BCUT2D eigenvalue weighted by atomic mass is 9.73. The molecule has 0 radical (unpaired) electrons.